The number of hydrogen-bond acceptors (Lipinski definition) is 6. The lowest BCUT2D eigenvalue weighted by Crippen LogP contribution is -2.40. The summed E-state index contributed by atoms with van der Waals surface area (Å²) in [7, 11) is 0. The maximum atomic E-state index is 11.0. The highest BCUT2D eigenvalue weighted by Gasteiger charge is 2.30. The first-order valence-corrected chi connectivity index (χ1v) is 6.83. The van der Waals surface area contributed by atoms with Crippen molar-refractivity contribution < 1.29 is 23.8 Å². The standard InChI is InChI=1S/C12H18O5S/c1-4-18-12-6-5-10(16-9(3)14)11(17-12)7-15-8(2)13/h5-6,10-12H,4,7H2,1-3H3/t10-,11+,12?/m0/s1. The fraction of sp³-hybridized carbons (Fsp3) is 0.667. The largest absolute Gasteiger partial charge is 0.463 e. The lowest BCUT2D eigenvalue weighted by molar-refractivity contribution is -0.160. The minimum absolute atomic E-state index is 0.0817. The molecule has 0 amide bonds. The summed E-state index contributed by atoms with van der Waals surface area (Å²) in [6.45, 7) is 4.78. The van der Waals surface area contributed by atoms with Crippen LogP contribution in [0.1, 0.15) is 20.8 Å². The zero-order chi connectivity index (χ0) is 13.5. The first kappa shape index (κ1) is 15.0. The second kappa shape index (κ2) is 7.43. The summed E-state index contributed by atoms with van der Waals surface area (Å²) in [4.78, 5) is 21.8. The summed E-state index contributed by atoms with van der Waals surface area (Å²) in [6, 6.07) is 0. The molecule has 0 spiro atoms. The van der Waals surface area contributed by atoms with Crippen molar-refractivity contribution >= 4 is 23.7 Å². The van der Waals surface area contributed by atoms with Gasteiger partial charge in [0.05, 0.1) is 0 Å². The van der Waals surface area contributed by atoms with Crippen LogP contribution in [0.5, 0.6) is 0 Å². The van der Waals surface area contributed by atoms with Crippen molar-refractivity contribution in [2.24, 2.45) is 0 Å². The number of esters is 2. The fourth-order valence-corrected chi connectivity index (χ4v) is 2.27. The highest BCUT2D eigenvalue weighted by atomic mass is 32.2. The van der Waals surface area contributed by atoms with E-state index in [0.717, 1.165) is 5.75 Å². The lowest BCUT2D eigenvalue weighted by Gasteiger charge is -2.31. The number of thioether (sulfide) groups is 1. The molecule has 18 heavy (non-hydrogen) atoms. The summed E-state index contributed by atoms with van der Waals surface area (Å²) < 4.78 is 15.7. The van der Waals surface area contributed by atoms with Crippen LogP contribution >= 0.6 is 11.8 Å². The van der Waals surface area contributed by atoms with Gasteiger partial charge in [-0.2, -0.15) is 0 Å². The molecule has 0 saturated heterocycles. The predicted molar refractivity (Wildman–Crippen MR) is 68.1 cm³/mol. The Labute approximate surface area is 111 Å². The topological polar surface area (TPSA) is 61.8 Å². The zero-order valence-corrected chi connectivity index (χ0v) is 11.6. The van der Waals surface area contributed by atoms with E-state index in [0.29, 0.717) is 0 Å². The van der Waals surface area contributed by atoms with Crippen molar-refractivity contribution in [3.05, 3.63) is 12.2 Å². The second-order valence-electron chi connectivity index (χ2n) is 3.76. The number of rotatable bonds is 5. The molecule has 5 nitrogen and oxygen atoms in total. The average molecular weight is 274 g/mol. The van der Waals surface area contributed by atoms with Crippen LogP contribution in [-0.4, -0.2) is 41.9 Å². The first-order valence-electron chi connectivity index (χ1n) is 5.79. The lowest BCUT2D eigenvalue weighted by atomic mass is 10.1. The zero-order valence-electron chi connectivity index (χ0n) is 10.8. The van der Waals surface area contributed by atoms with E-state index in [2.05, 4.69) is 0 Å². The third-order valence-corrected chi connectivity index (χ3v) is 3.15. The van der Waals surface area contributed by atoms with Gasteiger partial charge >= 0.3 is 11.9 Å². The quantitative estimate of drug-likeness (QED) is 0.559. The Bertz CT molecular complexity index is 328. The molecular weight excluding hydrogens is 256 g/mol. The van der Waals surface area contributed by atoms with Gasteiger partial charge in [-0.1, -0.05) is 6.92 Å². The highest BCUT2D eigenvalue weighted by Crippen LogP contribution is 2.23. The van der Waals surface area contributed by atoms with Gasteiger partial charge in [-0.25, -0.2) is 0 Å². The van der Waals surface area contributed by atoms with Crippen LogP contribution < -0.4 is 0 Å². The van der Waals surface area contributed by atoms with Crippen LogP contribution in [0.4, 0.5) is 0 Å². The van der Waals surface area contributed by atoms with Gasteiger partial charge in [-0.05, 0) is 17.9 Å². The van der Waals surface area contributed by atoms with Crippen LogP contribution in [0.15, 0.2) is 12.2 Å². The molecule has 0 radical (unpaired) electrons. The fourth-order valence-electron chi connectivity index (χ4n) is 1.52. The van der Waals surface area contributed by atoms with Crippen molar-refractivity contribution in [2.45, 2.75) is 38.4 Å². The van der Waals surface area contributed by atoms with Gasteiger partial charge in [0.25, 0.3) is 0 Å². The summed E-state index contributed by atoms with van der Waals surface area (Å²) >= 11 is 1.62. The maximum Gasteiger partial charge on any atom is 0.303 e. The molecule has 0 bridgehead atoms. The van der Waals surface area contributed by atoms with Crippen LogP contribution in [0.3, 0.4) is 0 Å². The third-order valence-electron chi connectivity index (χ3n) is 2.22. The monoisotopic (exact) mass is 274 g/mol. The Morgan fingerprint density at radius 2 is 2.00 bits per heavy atom. The molecule has 102 valence electrons. The SMILES string of the molecule is CCSC1C=C[C@H](OC(C)=O)[C@@H](COC(C)=O)O1. The van der Waals surface area contributed by atoms with Gasteiger partial charge in [0.15, 0.2) is 0 Å². The second-order valence-corrected chi connectivity index (χ2v) is 5.14. The molecular formula is C12H18O5S. The molecule has 0 saturated carbocycles. The van der Waals surface area contributed by atoms with Crippen molar-refractivity contribution in [3.63, 3.8) is 0 Å². The average Bonchev–Trinajstić information content (AvgIpc) is 2.28. The minimum atomic E-state index is -0.504. The van der Waals surface area contributed by atoms with Crippen LogP contribution in [-0.2, 0) is 23.8 Å². The Hall–Kier alpha value is -1.01. The molecule has 1 heterocycles. The Morgan fingerprint density at radius 1 is 1.28 bits per heavy atom. The summed E-state index contributed by atoms with van der Waals surface area (Å²) in [5.74, 6) is 0.144. The molecule has 6 heteroatoms. The summed E-state index contributed by atoms with van der Waals surface area (Å²) in [6.07, 6.45) is 2.68. The van der Waals surface area contributed by atoms with E-state index in [1.807, 2.05) is 13.0 Å². The third kappa shape index (κ3) is 5.10. The van der Waals surface area contributed by atoms with Crippen LogP contribution in [0.25, 0.3) is 0 Å². The van der Waals surface area contributed by atoms with Gasteiger partial charge in [0.2, 0.25) is 0 Å². The van der Waals surface area contributed by atoms with E-state index in [9.17, 15) is 9.59 Å². The van der Waals surface area contributed by atoms with Crippen molar-refractivity contribution in [1.29, 1.82) is 0 Å². The highest BCUT2D eigenvalue weighted by molar-refractivity contribution is 7.99. The van der Waals surface area contributed by atoms with E-state index in [-0.39, 0.29) is 24.0 Å². The molecule has 0 aromatic heterocycles. The first-order chi connectivity index (χ1) is 8.52. The molecule has 3 atom stereocenters. The van der Waals surface area contributed by atoms with Gasteiger partial charge in [0.1, 0.15) is 24.3 Å². The molecule has 0 fully saturated rings. The van der Waals surface area contributed by atoms with Crippen molar-refractivity contribution in [1.82, 2.24) is 0 Å². The van der Waals surface area contributed by atoms with Gasteiger partial charge in [0, 0.05) is 13.8 Å². The molecule has 1 aliphatic rings. The van der Waals surface area contributed by atoms with Crippen molar-refractivity contribution in [3.8, 4) is 0 Å². The molecule has 0 aliphatic carbocycles. The molecule has 0 N–H and O–H groups in total. The van der Waals surface area contributed by atoms with Crippen LogP contribution in [0.2, 0.25) is 0 Å². The Kier molecular flexibility index (Phi) is 6.21. The molecule has 1 aliphatic heterocycles. The normalized spacial score (nSPS) is 26.7. The van der Waals surface area contributed by atoms with E-state index < -0.39 is 12.2 Å². The minimum Gasteiger partial charge on any atom is -0.463 e. The van der Waals surface area contributed by atoms with Gasteiger partial charge < -0.3 is 14.2 Å². The number of hydrogen-bond donors (Lipinski definition) is 0. The molecule has 0 aromatic carbocycles. The predicted octanol–water partition coefficient (Wildman–Crippen LogP) is 1.52. The van der Waals surface area contributed by atoms with Crippen LogP contribution in [0, 0.1) is 0 Å². The van der Waals surface area contributed by atoms with E-state index in [4.69, 9.17) is 14.2 Å². The molecule has 1 unspecified atom stereocenters. The summed E-state index contributed by atoms with van der Waals surface area (Å²) in [5.41, 5.74) is -0.0950. The van der Waals surface area contributed by atoms with E-state index in [1.54, 1.807) is 17.8 Å². The van der Waals surface area contributed by atoms with E-state index >= 15 is 0 Å². The van der Waals surface area contributed by atoms with E-state index in [1.165, 1.54) is 13.8 Å². The Balaban J connectivity index is 2.62. The van der Waals surface area contributed by atoms with Gasteiger partial charge in [-0.15, -0.1) is 11.8 Å². The summed E-state index contributed by atoms with van der Waals surface area (Å²) in [5, 5.41) is 0. The smallest absolute Gasteiger partial charge is 0.303 e. The van der Waals surface area contributed by atoms with Gasteiger partial charge in [-0.3, -0.25) is 9.59 Å². The van der Waals surface area contributed by atoms with Crippen molar-refractivity contribution in [2.75, 3.05) is 12.4 Å². The Morgan fingerprint density at radius 3 is 2.56 bits per heavy atom. The molecule has 1 rings (SSSR count). The number of carbonyl (C=O) groups is 2. The number of carbonyl (C=O) groups excluding carboxylic acids is 2. The maximum absolute atomic E-state index is 11.0. The molecule has 0 aromatic rings. The number of ether oxygens (including phenoxy) is 3.